The fraction of sp³-hybridized carbons (Fsp3) is 0.250. The largest absolute Gasteiger partial charge is 0.308 e. The maximum atomic E-state index is 9.05. The normalized spacial score (nSPS) is 22.8. The van der Waals surface area contributed by atoms with Crippen molar-refractivity contribution in [3.8, 4) is 12.1 Å². The highest BCUT2D eigenvalue weighted by Gasteiger charge is 2.35. The van der Waals surface area contributed by atoms with Gasteiger partial charge in [0.25, 0.3) is 0 Å². The number of para-hydroxylation sites is 1. The Morgan fingerprint density at radius 3 is 2.59 bits per heavy atom. The monoisotopic (exact) mass is 225 g/mol. The Morgan fingerprint density at radius 2 is 2.00 bits per heavy atom. The number of anilines is 1. The summed E-state index contributed by atoms with van der Waals surface area (Å²) in [6.07, 6.45) is -0.388. The van der Waals surface area contributed by atoms with Crippen molar-refractivity contribution >= 4 is 11.4 Å². The maximum absolute atomic E-state index is 9.05. The Balaban J connectivity index is 2.33. The molecular weight excluding hydrogens is 214 g/mol. The van der Waals surface area contributed by atoms with E-state index in [0.29, 0.717) is 5.71 Å². The van der Waals surface area contributed by atoms with Crippen molar-refractivity contribution in [1.29, 1.82) is 10.5 Å². The first-order valence-electron chi connectivity index (χ1n) is 5.21. The molecule has 0 saturated heterocycles. The topological polar surface area (TPSA) is 89.2 Å². The minimum absolute atomic E-state index is 0.134. The van der Waals surface area contributed by atoms with Crippen LogP contribution in [0.2, 0.25) is 0 Å². The van der Waals surface area contributed by atoms with Gasteiger partial charge in [0.1, 0.15) is 12.1 Å². The first-order chi connectivity index (χ1) is 8.27. The molecule has 0 unspecified atom stereocenters. The lowest BCUT2D eigenvalue weighted by molar-refractivity contribution is 0.622. The van der Waals surface area contributed by atoms with Gasteiger partial charge < -0.3 is 5.73 Å². The molecule has 2 rings (SSSR count). The van der Waals surface area contributed by atoms with Crippen molar-refractivity contribution in [2.24, 2.45) is 16.8 Å². The Morgan fingerprint density at radius 1 is 1.29 bits per heavy atom. The van der Waals surface area contributed by atoms with E-state index >= 15 is 0 Å². The van der Waals surface area contributed by atoms with Crippen molar-refractivity contribution in [2.75, 3.05) is 5.01 Å². The molecule has 5 nitrogen and oxygen atoms in total. The number of benzene rings is 1. The average Bonchev–Trinajstić information content (AvgIpc) is 2.67. The summed E-state index contributed by atoms with van der Waals surface area (Å²) in [4.78, 5) is 0. The zero-order chi connectivity index (χ0) is 12.3. The van der Waals surface area contributed by atoms with Crippen LogP contribution < -0.4 is 10.7 Å². The molecule has 2 atom stereocenters. The van der Waals surface area contributed by atoms with Gasteiger partial charge >= 0.3 is 0 Å². The van der Waals surface area contributed by atoms with Crippen LogP contribution in [0.3, 0.4) is 0 Å². The van der Waals surface area contributed by atoms with E-state index in [1.165, 1.54) is 0 Å². The van der Waals surface area contributed by atoms with Gasteiger partial charge in [-0.25, -0.2) is 5.01 Å². The second-order valence-corrected chi connectivity index (χ2v) is 3.70. The summed E-state index contributed by atoms with van der Waals surface area (Å²) in [6.45, 7) is 0. The highest BCUT2D eigenvalue weighted by Crippen LogP contribution is 2.26. The summed E-state index contributed by atoms with van der Waals surface area (Å²) >= 11 is 0. The smallest absolute Gasteiger partial charge is 0.123 e. The summed E-state index contributed by atoms with van der Waals surface area (Å²) in [7, 11) is 0. The standard InChI is InChI=1S/C12H11N5/c13-7-6-11-10(8-14)12(15)17(16-11)9-4-2-1-3-5-9/h1-5,10,12H,6,15H2/t10-,12-/m0/s1. The van der Waals surface area contributed by atoms with Crippen LogP contribution in [0.5, 0.6) is 0 Å². The molecule has 1 aromatic carbocycles. The van der Waals surface area contributed by atoms with Gasteiger partial charge in [-0.2, -0.15) is 15.6 Å². The van der Waals surface area contributed by atoms with Crippen LogP contribution in [0, 0.1) is 28.6 Å². The van der Waals surface area contributed by atoms with E-state index in [4.69, 9.17) is 16.3 Å². The predicted octanol–water partition coefficient (Wildman–Crippen LogP) is 1.20. The van der Waals surface area contributed by atoms with Crippen LogP contribution in [0.4, 0.5) is 5.69 Å². The second-order valence-electron chi connectivity index (χ2n) is 3.70. The Hall–Kier alpha value is -2.37. The molecular formula is C12H11N5. The van der Waals surface area contributed by atoms with Gasteiger partial charge in [0.15, 0.2) is 0 Å². The average molecular weight is 225 g/mol. The molecule has 0 aromatic heterocycles. The number of nitrogens with two attached hydrogens (primary N) is 1. The van der Waals surface area contributed by atoms with Crippen molar-refractivity contribution < 1.29 is 0 Å². The molecule has 5 heteroatoms. The zero-order valence-electron chi connectivity index (χ0n) is 9.11. The van der Waals surface area contributed by atoms with Gasteiger partial charge in [-0.3, -0.25) is 0 Å². The third-order valence-electron chi connectivity index (χ3n) is 2.64. The van der Waals surface area contributed by atoms with Crippen LogP contribution in [-0.2, 0) is 0 Å². The van der Waals surface area contributed by atoms with E-state index in [0.717, 1.165) is 5.69 Å². The maximum Gasteiger partial charge on any atom is 0.123 e. The summed E-state index contributed by atoms with van der Waals surface area (Å²) in [5.41, 5.74) is 7.33. The molecule has 2 N–H and O–H groups in total. The van der Waals surface area contributed by atoms with Gasteiger partial charge in [-0.1, -0.05) is 18.2 Å². The Bertz CT molecular complexity index is 508. The van der Waals surface area contributed by atoms with Crippen LogP contribution in [0.15, 0.2) is 35.4 Å². The van der Waals surface area contributed by atoms with Gasteiger partial charge in [-0.05, 0) is 12.1 Å². The molecule has 1 heterocycles. The molecule has 0 bridgehead atoms. The first-order valence-corrected chi connectivity index (χ1v) is 5.21. The lowest BCUT2D eigenvalue weighted by Gasteiger charge is -2.21. The van der Waals surface area contributed by atoms with Crippen LogP contribution in [0.1, 0.15) is 6.42 Å². The number of rotatable bonds is 2. The molecule has 1 aliphatic rings. The molecule has 84 valence electrons. The molecule has 0 spiro atoms. The molecule has 0 radical (unpaired) electrons. The van der Waals surface area contributed by atoms with Gasteiger partial charge in [0, 0.05) is 0 Å². The molecule has 1 aromatic rings. The number of nitriles is 2. The van der Waals surface area contributed by atoms with Crippen LogP contribution in [-0.4, -0.2) is 11.9 Å². The molecule has 0 amide bonds. The molecule has 0 fully saturated rings. The predicted molar refractivity (Wildman–Crippen MR) is 63.7 cm³/mol. The number of hydrogen-bond acceptors (Lipinski definition) is 5. The van der Waals surface area contributed by atoms with E-state index in [-0.39, 0.29) is 6.42 Å². The minimum Gasteiger partial charge on any atom is -0.308 e. The number of hydrazone groups is 1. The highest BCUT2D eigenvalue weighted by atomic mass is 15.5. The quantitative estimate of drug-likeness (QED) is 0.818. The molecule has 0 aliphatic carbocycles. The van der Waals surface area contributed by atoms with E-state index in [1.807, 2.05) is 36.4 Å². The molecule has 17 heavy (non-hydrogen) atoms. The first kappa shape index (κ1) is 11.1. The van der Waals surface area contributed by atoms with Gasteiger partial charge in [-0.15, -0.1) is 0 Å². The lowest BCUT2D eigenvalue weighted by Crippen LogP contribution is -2.40. The summed E-state index contributed by atoms with van der Waals surface area (Å²) in [5.74, 6) is -0.519. The van der Waals surface area contributed by atoms with Crippen molar-refractivity contribution in [2.45, 2.75) is 12.6 Å². The fourth-order valence-corrected chi connectivity index (χ4v) is 1.79. The SMILES string of the molecule is N#CCC1=NN(c2ccccc2)[C@H](N)[C@H]1C#N. The molecule has 1 aliphatic heterocycles. The van der Waals surface area contributed by atoms with Crippen LogP contribution in [0.25, 0.3) is 0 Å². The summed E-state index contributed by atoms with van der Waals surface area (Å²) in [6, 6.07) is 13.5. The molecule has 0 saturated carbocycles. The minimum atomic E-state index is -0.522. The van der Waals surface area contributed by atoms with E-state index in [2.05, 4.69) is 11.2 Å². The summed E-state index contributed by atoms with van der Waals surface area (Å²) < 4.78 is 0. The third-order valence-corrected chi connectivity index (χ3v) is 2.64. The zero-order valence-corrected chi connectivity index (χ0v) is 9.11. The van der Waals surface area contributed by atoms with Crippen LogP contribution >= 0.6 is 0 Å². The second kappa shape index (κ2) is 4.65. The summed E-state index contributed by atoms with van der Waals surface area (Å²) in [5, 5.41) is 23.6. The van der Waals surface area contributed by atoms with Crippen molar-refractivity contribution in [3.63, 3.8) is 0 Å². The van der Waals surface area contributed by atoms with Crippen molar-refractivity contribution in [3.05, 3.63) is 30.3 Å². The van der Waals surface area contributed by atoms with E-state index in [9.17, 15) is 0 Å². The van der Waals surface area contributed by atoms with Gasteiger partial charge in [0.2, 0.25) is 0 Å². The highest BCUT2D eigenvalue weighted by molar-refractivity contribution is 5.94. The number of hydrogen-bond donors (Lipinski definition) is 1. The van der Waals surface area contributed by atoms with E-state index < -0.39 is 12.1 Å². The fourth-order valence-electron chi connectivity index (χ4n) is 1.79. The van der Waals surface area contributed by atoms with Crippen molar-refractivity contribution in [1.82, 2.24) is 0 Å². The Labute approximate surface area is 99.4 Å². The van der Waals surface area contributed by atoms with E-state index in [1.54, 1.807) is 5.01 Å². The number of nitrogens with zero attached hydrogens (tertiary/aromatic N) is 4. The third kappa shape index (κ3) is 1.96. The Kier molecular flexibility index (Phi) is 3.04. The van der Waals surface area contributed by atoms with Gasteiger partial charge in [0.05, 0.1) is 30.0 Å². The lowest BCUT2D eigenvalue weighted by atomic mass is 10.0.